The van der Waals surface area contributed by atoms with E-state index in [0.717, 1.165) is 18.2 Å². The van der Waals surface area contributed by atoms with Gasteiger partial charge in [0.1, 0.15) is 0 Å². The summed E-state index contributed by atoms with van der Waals surface area (Å²) in [6.07, 6.45) is -4.53. The number of hydrogen-bond donors (Lipinski definition) is 2. The molecule has 2 aromatic carbocycles. The number of nitrogens with zero attached hydrogens (tertiary/aromatic N) is 3. The monoisotopic (exact) mass is 399 g/mol. The fourth-order valence-electron chi connectivity index (χ4n) is 2.10. The van der Waals surface area contributed by atoms with E-state index in [1.54, 1.807) is 24.3 Å². The molecule has 0 saturated heterocycles. The third-order valence-electron chi connectivity index (χ3n) is 3.29. The van der Waals surface area contributed by atoms with E-state index in [1.165, 1.54) is 0 Å². The smallest absolute Gasteiger partial charge is 0.368 e. The number of rotatable bonds is 3. The minimum absolute atomic E-state index is 0.00486. The highest BCUT2D eigenvalue weighted by atomic mass is 35.5. The highest BCUT2D eigenvalue weighted by molar-refractivity contribution is 6.33. The fraction of sp³-hybridized carbons (Fsp3) is 0.0625. The molecule has 0 saturated carbocycles. The summed E-state index contributed by atoms with van der Waals surface area (Å²) in [7, 11) is 0. The van der Waals surface area contributed by atoms with Crippen LogP contribution < -0.4 is 11.1 Å². The number of nitrogens with two attached hydrogens (primary N) is 1. The van der Waals surface area contributed by atoms with Gasteiger partial charge in [-0.2, -0.15) is 28.1 Å². The van der Waals surface area contributed by atoms with Gasteiger partial charge in [-0.15, -0.1) is 0 Å². The van der Waals surface area contributed by atoms with Crippen LogP contribution in [0.25, 0.3) is 11.4 Å². The van der Waals surface area contributed by atoms with Crippen LogP contribution in [0, 0.1) is 0 Å². The van der Waals surface area contributed by atoms with E-state index in [4.69, 9.17) is 28.9 Å². The molecule has 0 fully saturated rings. The van der Waals surface area contributed by atoms with Crippen LogP contribution >= 0.6 is 23.2 Å². The van der Waals surface area contributed by atoms with Crippen molar-refractivity contribution in [2.24, 2.45) is 0 Å². The molecule has 1 heterocycles. The van der Waals surface area contributed by atoms with Crippen molar-refractivity contribution in [3.05, 3.63) is 58.1 Å². The van der Waals surface area contributed by atoms with Crippen LogP contribution in [0.4, 0.5) is 30.8 Å². The predicted molar refractivity (Wildman–Crippen MR) is 94.4 cm³/mol. The number of benzene rings is 2. The summed E-state index contributed by atoms with van der Waals surface area (Å²) in [4.78, 5) is 11.9. The summed E-state index contributed by atoms with van der Waals surface area (Å²) in [5, 5.41) is 3.48. The topological polar surface area (TPSA) is 76.7 Å². The molecule has 0 amide bonds. The van der Waals surface area contributed by atoms with Crippen LogP contribution in [0.15, 0.2) is 42.5 Å². The Morgan fingerprint density at radius 2 is 1.62 bits per heavy atom. The average Bonchev–Trinajstić information content (AvgIpc) is 2.56. The first-order valence-corrected chi connectivity index (χ1v) is 7.89. The summed E-state index contributed by atoms with van der Waals surface area (Å²) in [6.45, 7) is 0. The van der Waals surface area contributed by atoms with Crippen molar-refractivity contribution in [1.82, 2.24) is 15.0 Å². The lowest BCUT2D eigenvalue weighted by Crippen LogP contribution is -2.07. The van der Waals surface area contributed by atoms with Gasteiger partial charge in [0.25, 0.3) is 0 Å². The molecule has 3 aromatic rings. The Kier molecular flexibility index (Phi) is 4.88. The van der Waals surface area contributed by atoms with Gasteiger partial charge in [0.2, 0.25) is 11.9 Å². The van der Waals surface area contributed by atoms with Crippen molar-refractivity contribution in [2.45, 2.75) is 6.18 Å². The number of aromatic nitrogens is 3. The average molecular weight is 400 g/mol. The number of nitrogens with one attached hydrogen (secondary N) is 1. The maximum atomic E-state index is 12.9. The van der Waals surface area contributed by atoms with Gasteiger partial charge in [-0.1, -0.05) is 23.2 Å². The predicted octanol–water partition coefficient (Wildman–Crippen LogP) is 5.19. The van der Waals surface area contributed by atoms with Crippen LogP contribution in [-0.2, 0) is 6.18 Å². The Morgan fingerprint density at radius 3 is 2.27 bits per heavy atom. The third kappa shape index (κ3) is 4.14. The molecular formula is C16H10Cl2F3N5. The molecule has 5 nitrogen and oxygen atoms in total. The van der Waals surface area contributed by atoms with Gasteiger partial charge in [-0.25, -0.2) is 0 Å². The van der Waals surface area contributed by atoms with Gasteiger partial charge >= 0.3 is 6.18 Å². The molecule has 0 aliphatic carbocycles. The molecule has 26 heavy (non-hydrogen) atoms. The van der Waals surface area contributed by atoms with Gasteiger partial charge in [0, 0.05) is 16.3 Å². The molecule has 0 aliphatic heterocycles. The first-order chi connectivity index (χ1) is 12.2. The normalized spacial score (nSPS) is 11.4. The van der Waals surface area contributed by atoms with E-state index < -0.39 is 11.7 Å². The van der Waals surface area contributed by atoms with Gasteiger partial charge in [0.15, 0.2) is 5.82 Å². The molecule has 134 valence electrons. The van der Waals surface area contributed by atoms with Crippen molar-refractivity contribution in [3.63, 3.8) is 0 Å². The molecule has 3 rings (SSSR count). The lowest BCUT2D eigenvalue weighted by Gasteiger charge is -2.11. The molecular weight excluding hydrogens is 390 g/mol. The second-order valence-electron chi connectivity index (χ2n) is 5.17. The summed E-state index contributed by atoms with van der Waals surface area (Å²) >= 11 is 11.8. The Bertz CT molecular complexity index is 946. The maximum Gasteiger partial charge on any atom is 0.416 e. The molecule has 0 radical (unpaired) electrons. The maximum absolute atomic E-state index is 12.9. The summed E-state index contributed by atoms with van der Waals surface area (Å²) < 4.78 is 38.8. The molecule has 0 bridgehead atoms. The number of halogens is 5. The first kappa shape index (κ1) is 18.2. The summed E-state index contributed by atoms with van der Waals surface area (Å²) in [5.41, 5.74) is 5.39. The van der Waals surface area contributed by atoms with Gasteiger partial charge in [-0.3, -0.25) is 0 Å². The zero-order chi connectivity index (χ0) is 18.9. The van der Waals surface area contributed by atoms with E-state index in [1.807, 2.05) is 0 Å². The quantitative estimate of drug-likeness (QED) is 0.633. The zero-order valence-corrected chi connectivity index (χ0v) is 14.4. The Balaban J connectivity index is 2.01. The second-order valence-corrected chi connectivity index (χ2v) is 6.01. The van der Waals surface area contributed by atoms with E-state index in [2.05, 4.69) is 20.3 Å². The number of anilines is 3. The summed E-state index contributed by atoms with van der Waals surface area (Å²) in [5.74, 6) is -0.187. The highest BCUT2D eigenvalue weighted by Gasteiger charge is 2.31. The lowest BCUT2D eigenvalue weighted by molar-refractivity contribution is -0.137. The molecule has 0 unspecified atom stereocenters. The van der Waals surface area contributed by atoms with Gasteiger partial charge in [-0.05, 0) is 42.5 Å². The van der Waals surface area contributed by atoms with Gasteiger partial charge in [0.05, 0.1) is 10.6 Å². The van der Waals surface area contributed by atoms with E-state index >= 15 is 0 Å². The molecule has 3 N–H and O–H groups in total. The Hall–Kier alpha value is -2.58. The van der Waals surface area contributed by atoms with Crippen LogP contribution in [0.5, 0.6) is 0 Å². The number of nitrogen functional groups attached to an aromatic ring is 1. The SMILES string of the molecule is Nc1nc(Nc2ccc(Cl)cc2)nc(-c2cc(C(F)(F)F)ccc2Cl)n1. The first-order valence-electron chi connectivity index (χ1n) is 7.13. The van der Waals surface area contributed by atoms with Crippen LogP contribution in [-0.4, -0.2) is 15.0 Å². The van der Waals surface area contributed by atoms with E-state index in [9.17, 15) is 13.2 Å². The summed E-state index contributed by atoms with van der Waals surface area (Å²) in [6, 6.07) is 9.54. The third-order valence-corrected chi connectivity index (χ3v) is 3.87. The van der Waals surface area contributed by atoms with E-state index in [0.29, 0.717) is 10.7 Å². The standard InChI is InChI=1S/C16H10Cl2F3N5/c17-9-2-4-10(5-3-9)23-15-25-13(24-14(22)26-15)11-7-8(16(19,20)21)1-6-12(11)18/h1-7H,(H3,22,23,24,25,26). The molecule has 0 aliphatic rings. The van der Waals surface area contributed by atoms with E-state index in [-0.39, 0.29) is 28.3 Å². The lowest BCUT2D eigenvalue weighted by atomic mass is 10.1. The minimum Gasteiger partial charge on any atom is -0.368 e. The van der Waals surface area contributed by atoms with Crippen molar-refractivity contribution >= 4 is 40.8 Å². The largest absolute Gasteiger partial charge is 0.416 e. The Labute approximate surface area is 156 Å². The highest BCUT2D eigenvalue weighted by Crippen LogP contribution is 2.35. The van der Waals surface area contributed by atoms with Crippen molar-refractivity contribution in [3.8, 4) is 11.4 Å². The Morgan fingerprint density at radius 1 is 0.923 bits per heavy atom. The van der Waals surface area contributed by atoms with Gasteiger partial charge < -0.3 is 11.1 Å². The fourth-order valence-corrected chi connectivity index (χ4v) is 2.43. The number of alkyl halides is 3. The molecule has 1 aromatic heterocycles. The van der Waals surface area contributed by atoms with Crippen LogP contribution in [0.2, 0.25) is 10.0 Å². The van der Waals surface area contributed by atoms with Crippen LogP contribution in [0.3, 0.4) is 0 Å². The molecule has 0 atom stereocenters. The zero-order valence-electron chi connectivity index (χ0n) is 12.9. The van der Waals surface area contributed by atoms with Crippen molar-refractivity contribution in [1.29, 1.82) is 0 Å². The van der Waals surface area contributed by atoms with Crippen molar-refractivity contribution in [2.75, 3.05) is 11.1 Å². The second kappa shape index (κ2) is 6.97. The van der Waals surface area contributed by atoms with Crippen molar-refractivity contribution < 1.29 is 13.2 Å². The number of hydrogen-bond acceptors (Lipinski definition) is 5. The molecule has 0 spiro atoms. The molecule has 10 heteroatoms. The van der Waals surface area contributed by atoms with Crippen LogP contribution in [0.1, 0.15) is 5.56 Å². The minimum atomic E-state index is -4.53.